The predicted octanol–water partition coefficient (Wildman–Crippen LogP) is 5.03. The van der Waals surface area contributed by atoms with Crippen LogP contribution in [-0.2, 0) is 0 Å². The molecular formula is C20H12FN3O. The minimum atomic E-state index is -0.559. The summed E-state index contributed by atoms with van der Waals surface area (Å²) in [6, 6.07) is 21.6. The maximum Gasteiger partial charge on any atom is 0.143 e. The Bertz CT molecular complexity index is 1080. The van der Waals surface area contributed by atoms with Gasteiger partial charge in [-0.05, 0) is 42.5 Å². The molecule has 5 heteroatoms. The minimum absolute atomic E-state index is 0.000758. The predicted molar refractivity (Wildman–Crippen MR) is 92.7 cm³/mol. The average Bonchev–Trinajstić information content (AvgIpc) is 3.05. The van der Waals surface area contributed by atoms with Crippen molar-refractivity contribution >= 4 is 10.9 Å². The Hall–Kier alpha value is -3.65. The lowest BCUT2D eigenvalue weighted by atomic mass is 10.1. The van der Waals surface area contributed by atoms with E-state index in [4.69, 9.17) is 10.00 Å². The van der Waals surface area contributed by atoms with Gasteiger partial charge >= 0.3 is 0 Å². The van der Waals surface area contributed by atoms with E-state index >= 15 is 0 Å². The summed E-state index contributed by atoms with van der Waals surface area (Å²) in [5, 5.41) is 16.8. The highest BCUT2D eigenvalue weighted by Gasteiger charge is 2.12. The molecule has 4 aromatic rings. The van der Waals surface area contributed by atoms with Gasteiger partial charge in [0.15, 0.2) is 0 Å². The van der Waals surface area contributed by atoms with Gasteiger partial charge in [-0.15, -0.1) is 0 Å². The van der Waals surface area contributed by atoms with Gasteiger partial charge in [0.05, 0.1) is 16.8 Å². The minimum Gasteiger partial charge on any atom is -0.457 e. The SMILES string of the molecule is N#Cc1cc2c(-c3ccc(Oc4ccccc4)cc3)n[nH]c2cc1F. The number of aromatic amines is 1. The van der Waals surface area contributed by atoms with Gasteiger partial charge in [-0.1, -0.05) is 18.2 Å². The van der Waals surface area contributed by atoms with Crippen LogP contribution in [0.4, 0.5) is 4.39 Å². The van der Waals surface area contributed by atoms with Crippen molar-refractivity contribution in [3.8, 4) is 28.8 Å². The molecular weight excluding hydrogens is 317 g/mol. The molecule has 0 bridgehead atoms. The molecule has 0 saturated carbocycles. The van der Waals surface area contributed by atoms with Crippen molar-refractivity contribution in [1.29, 1.82) is 5.26 Å². The zero-order valence-electron chi connectivity index (χ0n) is 13.0. The molecule has 120 valence electrons. The lowest BCUT2D eigenvalue weighted by molar-refractivity contribution is 0.483. The Morgan fingerprint density at radius 2 is 1.68 bits per heavy atom. The molecule has 3 aromatic carbocycles. The van der Waals surface area contributed by atoms with Gasteiger partial charge < -0.3 is 4.74 Å². The number of aromatic nitrogens is 2. The quantitative estimate of drug-likeness (QED) is 0.573. The lowest BCUT2D eigenvalue weighted by Gasteiger charge is -2.06. The van der Waals surface area contributed by atoms with Gasteiger partial charge in [-0.3, -0.25) is 5.10 Å². The van der Waals surface area contributed by atoms with E-state index in [0.29, 0.717) is 22.3 Å². The van der Waals surface area contributed by atoms with Crippen LogP contribution in [0.1, 0.15) is 5.56 Å². The fourth-order valence-electron chi connectivity index (χ4n) is 2.65. The normalized spacial score (nSPS) is 10.6. The van der Waals surface area contributed by atoms with Crippen LogP contribution in [0.3, 0.4) is 0 Å². The van der Waals surface area contributed by atoms with Gasteiger partial charge in [0, 0.05) is 17.0 Å². The van der Waals surface area contributed by atoms with Crippen LogP contribution in [0.5, 0.6) is 11.5 Å². The number of H-pyrrole nitrogens is 1. The van der Waals surface area contributed by atoms with Crippen molar-refractivity contribution in [3.63, 3.8) is 0 Å². The van der Waals surface area contributed by atoms with Crippen molar-refractivity contribution in [2.24, 2.45) is 0 Å². The van der Waals surface area contributed by atoms with Crippen LogP contribution in [0.15, 0.2) is 66.7 Å². The topological polar surface area (TPSA) is 61.7 Å². The monoisotopic (exact) mass is 329 g/mol. The Labute approximate surface area is 143 Å². The first-order chi connectivity index (χ1) is 12.2. The fraction of sp³-hybridized carbons (Fsp3) is 0. The summed E-state index contributed by atoms with van der Waals surface area (Å²) >= 11 is 0. The van der Waals surface area contributed by atoms with Crippen molar-refractivity contribution < 1.29 is 9.13 Å². The van der Waals surface area contributed by atoms with Crippen LogP contribution in [0.2, 0.25) is 0 Å². The number of fused-ring (bicyclic) bond motifs is 1. The van der Waals surface area contributed by atoms with Gasteiger partial charge in [-0.2, -0.15) is 10.4 Å². The number of benzene rings is 3. The number of hydrogen-bond donors (Lipinski definition) is 1. The Morgan fingerprint density at radius 1 is 0.960 bits per heavy atom. The second-order valence-corrected chi connectivity index (χ2v) is 5.50. The number of rotatable bonds is 3. The number of nitrogens with zero attached hydrogens (tertiary/aromatic N) is 2. The first-order valence-electron chi connectivity index (χ1n) is 7.65. The summed E-state index contributed by atoms with van der Waals surface area (Å²) in [5.41, 5.74) is 2.07. The zero-order valence-corrected chi connectivity index (χ0v) is 13.0. The van der Waals surface area contributed by atoms with Crippen LogP contribution >= 0.6 is 0 Å². The van der Waals surface area contributed by atoms with Crippen molar-refractivity contribution in [2.45, 2.75) is 0 Å². The van der Waals surface area contributed by atoms with Crippen LogP contribution < -0.4 is 4.74 Å². The molecule has 0 saturated heterocycles. The molecule has 25 heavy (non-hydrogen) atoms. The molecule has 0 radical (unpaired) electrons. The summed E-state index contributed by atoms with van der Waals surface area (Å²) < 4.78 is 19.5. The van der Waals surface area contributed by atoms with Gasteiger partial charge in [0.1, 0.15) is 23.4 Å². The molecule has 0 aliphatic heterocycles. The molecule has 0 aliphatic rings. The molecule has 1 N–H and O–H groups in total. The van der Waals surface area contributed by atoms with E-state index in [1.807, 2.05) is 60.7 Å². The first-order valence-corrected chi connectivity index (χ1v) is 7.65. The Kier molecular flexibility index (Phi) is 3.64. The summed E-state index contributed by atoms with van der Waals surface area (Å²) in [7, 11) is 0. The Balaban J connectivity index is 1.68. The smallest absolute Gasteiger partial charge is 0.143 e. The highest BCUT2D eigenvalue weighted by atomic mass is 19.1. The third-order valence-electron chi connectivity index (χ3n) is 3.88. The zero-order chi connectivity index (χ0) is 17.2. The molecule has 0 amide bonds. The third kappa shape index (κ3) is 2.81. The van der Waals surface area contributed by atoms with E-state index in [9.17, 15) is 4.39 Å². The number of ether oxygens (including phenoxy) is 1. The van der Waals surface area contributed by atoms with Gasteiger partial charge in [-0.25, -0.2) is 4.39 Å². The molecule has 4 nitrogen and oxygen atoms in total. The highest BCUT2D eigenvalue weighted by Crippen LogP contribution is 2.30. The van der Waals surface area contributed by atoms with Crippen molar-refractivity contribution in [1.82, 2.24) is 10.2 Å². The number of para-hydroxylation sites is 1. The van der Waals surface area contributed by atoms with E-state index in [0.717, 1.165) is 11.3 Å². The lowest BCUT2D eigenvalue weighted by Crippen LogP contribution is -1.85. The van der Waals surface area contributed by atoms with Gasteiger partial charge in [0.25, 0.3) is 0 Å². The number of nitriles is 1. The van der Waals surface area contributed by atoms with E-state index in [-0.39, 0.29) is 5.56 Å². The maximum atomic E-state index is 13.7. The molecule has 0 unspecified atom stereocenters. The molecule has 1 heterocycles. The second kappa shape index (κ2) is 6.10. The van der Waals surface area contributed by atoms with Crippen LogP contribution in [0.25, 0.3) is 22.2 Å². The fourth-order valence-corrected chi connectivity index (χ4v) is 2.65. The van der Waals surface area contributed by atoms with Crippen molar-refractivity contribution in [2.75, 3.05) is 0 Å². The first kappa shape index (κ1) is 14.9. The molecule has 0 spiro atoms. The summed E-state index contributed by atoms with van der Waals surface area (Å²) in [6.07, 6.45) is 0. The standard InChI is InChI=1S/C20H12FN3O/c21-18-11-19-17(10-14(18)12-22)20(24-23-19)13-6-8-16(9-7-13)25-15-4-2-1-3-5-15/h1-11H,(H,23,24). The average molecular weight is 329 g/mol. The molecule has 0 atom stereocenters. The largest absolute Gasteiger partial charge is 0.457 e. The molecule has 0 fully saturated rings. The summed E-state index contributed by atoms with van der Waals surface area (Å²) in [6.45, 7) is 0. The van der Waals surface area contributed by atoms with E-state index in [2.05, 4.69) is 10.2 Å². The maximum absolute atomic E-state index is 13.7. The number of hydrogen-bond acceptors (Lipinski definition) is 3. The van der Waals surface area contributed by atoms with E-state index in [1.165, 1.54) is 12.1 Å². The Morgan fingerprint density at radius 3 is 2.40 bits per heavy atom. The summed E-state index contributed by atoms with van der Waals surface area (Å²) in [5.74, 6) is 0.907. The number of nitrogens with one attached hydrogen (secondary N) is 1. The molecule has 1 aromatic heterocycles. The van der Waals surface area contributed by atoms with E-state index < -0.39 is 5.82 Å². The summed E-state index contributed by atoms with van der Waals surface area (Å²) in [4.78, 5) is 0. The molecule has 0 aliphatic carbocycles. The van der Waals surface area contributed by atoms with Crippen molar-refractivity contribution in [3.05, 3.63) is 78.1 Å². The van der Waals surface area contributed by atoms with Crippen LogP contribution in [0, 0.1) is 17.1 Å². The second-order valence-electron chi connectivity index (χ2n) is 5.50. The number of halogens is 1. The van der Waals surface area contributed by atoms with Gasteiger partial charge in [0.2, 0.25) is 0 Å². The molecule has 4 rings (SSSR count). The third-order valence-corrected chi connectivity index (χ3v) is 3.88. The van der Waals surface area contributed by atoms with Crippen LogP contribution in [-0.4, -0.2) is 10.2 Å². The highest BCUT2D eigenvalue weighted by molar-refractivity contribution is 5.93. The van der Waals surface area contributed by atoms with E-state index in [1.54, 1.807) is 0 Å².